The summed E-state index contributed by atoms with van der Waals surface area (Å²) in [5, 5.41) is 0. The Morgan fingerprint density at radius 2 is 1.71 bits per heavy atom. The van der Waals surface area contributed by atoms with Crippen LogP contribution in [-0.2, 0) is 21.3 Å². The van der Waals surface area contributed by atoms with Gasteiger partial charge in [0.25, 0.3) is 0 Å². The van der Waals surface area contributed by atoms with Crippen LogP contribution in [0.4, 0.5) is 0 Å². The second-order valence-corrected chi connectivity index (χ2v) is 9.36. The molecular formula is C22H30N2O3S. The Kier molecular flexibility index (Phi) is 6.55. The molecule has 1 atom stereocenters. The van der Waals surface area contributed by atoms with Gasteiger partial charge in [0, 0.05) is 26.2 Å². The molecule has 2 aromatic carbocycles. The zero-order chi connectivity index (χ0) is 20.3. The maximum atomic E-state index is 13.0. The van der Waals surface area contributed by atoms with E-state index < -0.39 is 10.0 Å². The van der Waals surface area contributed by atoms with Gasteiger partial charge in [0.2, 0.25) is 10.0 Å². The molecule has 6 heteroatoms. The van der Waals surface area contributed by atoms with Crippen LogP contribution in [-0.4, -0.2) is 45.7 Å². The van der Waals surface area contributed by atoms with E-state index in [2.05, 4.69) is 21.8 Å². The zero-order valence-corrected chi connectivity index (χ0v) is 18.0. The summed E-state index contributed by atoms with van der Waals surface area (Å²) in [6, 6.07) is 12.3. The van der Waals surface area contributed by atoms with Crippen LogP contribution in [0.2, 0.25) is 0 Å². The van der Waals surface area contributed by atoms with Crippen molar-refractivity contribution in [2.24, 2.45) is 0 Å². The number of rotatable bonds is 6. The predicted octanol–water partition coefficient (Wildman–Crippen LogP) is 3.10. The third-order valence-corrected chi connectivity index (χ3v) is 7.24. The van der Waals surface area contributed by atoms with Gasteiger partial charge in [-0.1, -0.05) is 36.4 Å². The molecule has 0 saturated carbocycles. The molecule has 0 amide bonds. The Hall–Kier alpha value is -1.73. The largest absolute Gasteiger partial charge is 0.374 e. The number of nitrogens with one attached hydrogen (secondary N) is 1. The molecule has 1 heterocycles. The average Bonchev–Trinajstić information content (AvgIpc) is 2.66. The fraction of sp³-hybridized carbons (Fsp3) is 0.455. The van der Waals surface area contributed by atoms with Gasteiger partial charge in [0.15, 0.2) is 0 Å². The first kappa shape index (κ1) is 21.0. The van der Waals surface area contributed by atoms with Crippen molar-refractivity contribution in [3.63, 3.8) is 0 Å². The van der Waals surface area contributed by atoms with Crippen molar-refractivity contribution in [1.29, 1.82) is 0 Å². The highest BCUT2D eigenvalue weighted by molar-refractivity contribution is 7.89. The zero-order valence-electron chi connectivity index (χ0n) is 17.2. The lowest BCUT2D eigenvalue weighted by Crippen LogP contribution is -2.47. The Morgan fingerprint density at radius 3 is 2.36 bits per heavy atom. The first-order chi connectivity index (χ1) is 13.3. The lowest BCUT2D eigenvalue weighted by Gasteiger charge is -2.33. The summed E-state index contributed by atoms with van der Waals surface area (Å²) >= 11 is 0. The van der Waals surface area contributed by atoms with Gasteiger partial charge in [-0.15, -0.1) is 0 Å². The number of hydrogen-bond acceptors (Lipinski definition) is 4. The molecule has 0 aliphatic carbocycles. The van der Waals surface area contributed by atoms with Gasteiger partial charge >= 0.3 is 0 Å². The van der Waals surface area contributed by atoms with E-state index in [9.17, 15) is 8.42 Å². The number of aryl methyl sites for hydroxylation is 2. The van der Waals surface area contributed by atoms with E-state index in [1.807, 2.05) is 52.0 Å². The van der Waals surface area contributed by atoms with Gasteiger partial charge in [0.05, 0.1) is 17.6 Å². The first-order valence-corrected chi connectivity index (χ1v) is 11.2. The summed E-state index contributed by atoms with van der Waals surface area (Å²) in [7, 11) is -3.59. The molecule has 0 unspecified atom stereocenters. The Labute approximate surface area is 168 Å². The number of sulfonamides is 1. The summed E-state index contributed by atoms with van der Waals surface area (Å²) in [5.74, 6) is 0. The standard InChI is InChI=1S/C22H30N2O3S/c1-16-12-17(2)19(4)22(18(16)3)28(25,26)23-13-21-15-24(10-11-27-21)14-20-8-6-5-7-9-20/h5-9,12,21,23H,10-11,13-15H2,1-4H3/t21-/m1/s1. The Balaban J connectivity index is 1.66. The van der Waals surface area contributed by atoms with E-state index >= 15 is 0 Å². The molecule has 0 radical (unpaired) electrons. The van der Waals surface area contributed by atoms with Crippen LogP contribution < -0.4 is 4.72 Å². The molecule has 28 heavy (non-hydrogen) atoms. The minimum absolute atomic E-state index is 0.154. The van der Waals surface area contributed by atoms with E-state index in [4.69, 9.17) is 4.74 Å². The summed E-state index contributed by atoms with van der Waals surface area (Å²) < 4.78 is 34.6. The average molecular weight is 403 g/mol. The van der Waals surface area contributed by atoms with Gasteiger partial charge < -0.3 is 4.74 Å². The number of hydrogen-bond donors (Lipinski definition) is 1. The molecular weight excluding hydrogens is 372 g/mol. The van der Waals surface area contributed by atoms with Crippen LogP contribution in [0.5, 0.6) is 0 Å². The number of morpholine rings is 1. The Bertz CT molecular complexity index is 900. The third-order valence-electron chi connectivity index (χ3n) is 5.54. The third kappa shape index (κ3) is 4.81. The van der Waals surface area contributed by atoms with Crippen molar-refractivity contribution in [2.75, 3.05) is 26.2 Å². The number of ether oxygens (including phenoxy) is 1. The molecule has 0 bridgehead atoms. The maximum absolute atomic E-state index is 13.0. The SMILES string of the molecule is Cc1cc(C)c(C)c(S(=O)(=O)NC[C@@H]2CN(Cc3ccccc3)CCO2)c1C. The lowest BCUT2D eigenvalue weighted by atomic mass is 10.0. The van der Waals surface area contributed by atoms with Crippen LogP contribution in [0.25, 0.3) is 0 Å². The summed E-state index contributed by atoms with van der Waals surface area (Å²) in [6.07, 6.45) is -0.154. The quantitative estimate of drug-likeness (QED) is 0.807. The highest BCUT2D eigenvalue weighted by atomic mass is 32.2. The highest BCUT2D eigenvalue weighted by Gasteiger charge is 2.26. The minimum Gasteiger partial charge on any atom is -0.374 e. The minimum atomic E-state index is -3.59. The first-order valence-electron chi connectivity index (χ1n) is 9.73. The van der Waals surface area contributed by atoms with Crippen LogP contribution in [0, 0.1) is 27.7 Å². The number of benzene rings is 2. The lowest BCUT2D eigenvalue weighted by molar-refractivity contribution is -0.0276. The van der Waals surface area contributed by atoms with E-state index in [-0.39, 0.29) is 12.6 Å². The molecule has 1 N–H and O–H groups in total. The van der Waals surface area contributed by atoms with Gasteiger partial charge in [-0.05, 0) is 55.5 Å². The summed E-state index contributed by atoms with van der Waals surface area (Å²) in [5.41, 5.74) is 4.86. The fourth-order valence-corrected chi connectivity index (χ4v) is 5.43. The van der Waals surface area contributed by atoms with Crippen LogP contribution in [0.1, 0.15) is 27.8 Å². The molecule has 1 aliphatic rings. The number of nitrogens with zero attached hydrogens (tertiary/aromatic N) is 1. The summed E-state index contributed by atoms with van der Waals surface area (Å²) in [6.45, 7) is 10.9. The Morgan fingerprint density at radius 1 is 1.07 bits per heavy atom. The van der Waals surface area contributed by atoms with Crippen molar-refractivity contribution in [3.05, 3.63) is 64.2 Å². The molecule has 1 saturated heterocycles. The van der Waals surface area contributed by atoms with E-state index in [0.717, 1.165) is 35.3 Å². The summed E-state index contributed by atoms with van der Waals surface area (Å²) in [4.78, 5) is 2.72. The van der Waals surface area contributed by atoms with Gasteiger partial charge in [-0.3, -0.25) is 4.90 Å². The molecule has 3 rings (SSSR count). The van der Waals surface area contributed by atoms with E-state index in [0.29, 0.717) is 18.0 Å². The van der Waals surface area contributed by atoms with Crippen molar-refractivity contribution in [1.82, 2.24) is 9.62 Å². The van der Waals surface area contributed by atoms with Crippen molar-refractivity contribution in [3.8, 4) is 0 Å². The smallest absolute Gasteiger partial charge is 0.241 e. The van der Waals surface area contributed by atoms with Gasteiger partial charge in [-0.25, -0.2) is 13.1 Å². The topological polar surface area (TPSA) is 58.6 Å². The van der Waals surface area contributed by atoms with Gasteiger partial charge in [0.1, 0.15) is 0 Å². The van der Waals surface area contributed by atoms with Crippen LogP contribution in [0.15, 0.2) is 41.3 Å². The van der Waals surface area contributed by atoms with Crippen molar-refractivity contribution < 1.29 is 13.2 Å². The molecule has 1 fully saturated rings. The predicted molar refractivity (Wildman–Crippen MR) is 112 cm³/mol. The molecule has 0 spiro atoms. The fourth-order valence-electron chi connectivity index (χ4n) is 3.75. The van der Waals surface area contributed by atoms with Crippen LogP contribution >= 0.6 is 0 Å². The van der Waals surface area contributed by atoms with Crippen molar-refractivity contribution >= 4 is 10.0 Å². The molecule has 5 nitrogen and oxygen atoms in total. The van der Waals surface area contributed by atoms with E-state index in [1.54, 1.807) is 0 Å². The molecule has 0 aromatic heterocycles. The van der Waals surface area contributed by atoms with E-state index in [1.165, 1.54) is 5.56 Å². The second kappa shape index (κ2) is 8.74. The van der Waals surface area contributed by atoms with Crippen molar-refractivity contribution in [2.45, 2.75) is 45.2 Å². The normalized spacial score (nSPS) is 18.4. The molecule has 1 aliphatic heterocycles. The monoisotopic (exact) mass is 402 g/mol. The van der Waals surface area contributed by atoms with Gasteiger partial charge in [-0.2, -0.15) is 0 Å². The van der Waals surface area contributed by atoms with Crippen LogP contribution in [0.3, 0.4) is 0 Å². The molecule has 2 aromatic rings. The maximum Gasteiger partial charge on any atom is 0.241 e. The highest BCUT2D eigenvalue weighted by Crippen LogP contribution is 2.26. The second-order valence-electron chi connectivity index (χ2n) is 7.65. The molecule has 152 valence electrons.